The predicted molar refractivity (Wildman–Crippen MR) is 99.5 cm³/mol. The zero-order chi connectivity index (χ0) is 20.8. The smallest absolute Gasteiger partial charge is 0.344 e. The molecule has 1 amide bonds. The Labute approximate surface area is 165 Å². The fourth-order valence-electron chi connectivity index (χ4n) is 2.50. The highest BCUT2D eigenvalue weighted by molar-refractivity contribution is 6.05. The molecule has 1 aliphatic rings. The van der Waals surface area contributed by atoms with E-state index in [1.54, 1.807) is 12.1 Å². The normalized spacial score (nSPS) is 11.5. The minimum Gasteiger partial charge on any atom is -0.482 e. The molecule has 150 valence electrons. The standard InChI is InChI=1S/C20H17NO8/c1-12(23)15-6-17-18(29-11-28-17)7-16(15)21-19(24)9-27-20(25)10-26-14-4-2-13(8-22)3-5-14/h2-8H,9-11H2,1H3,(H,21,24). The summed E-state index contributed by atoms with van der Waals surface area (Å²) in [6, 6.07) is 9.11. The summed E-state index contributed by atoms with van der Waals surface area (Å²) in [7, 11) is 0. The van der Waals surface area contributed by atoms with Crippen LogP contribution < -0.4 is 19.5 Å². The van der Waals surface area contributed by atoms with E-state index in [1.165, 1.54) is 31.2 Å². The van der Waals surface area contributed by atoms with Gasteiger partial charge in [-0.15, -0.1) is 0 Å². The number of carbonyl (C=O) groups excluding carboxylic acids is 4. The number of ketones is 1. The lowest BCUT2D eigenvalue weighted by atomic mass is 10.1. The summed E-state index contributed by atoms with van der Waals surface area (Å²) in [6.07, 6.45) is 0.689. The molecule has 1 N–H and O–H groups in total. The largest absolute Gasteiger partial charge is 0.482 e. The molecule has 29 heavy (non-hydrogen) atoms. The second-order valence-corrected chi connectivity index (χ2v) is 5.99. The van der Waals surface area contributed by atoms with Gasteiger partial charge in [0.15, 0.2) is 30.5 Å². The summed E-state index contributed by atoms with van der Waals surface area (Å²) in [4.78, 5) is 46.2. The fourth-order valence-corrected chi connectivity index (χ4v) is 2.50. The van der Waals surface area contributed by atoms with Crippen molar-refractivity contribution >= 4 is 29.6 Å². The highest BCUT2D eigenvalue weighted by Gasteiger charge is 2.20. The molecule has 1 heterocycles. The van der Waals surface area contributed by atoms with Crippen LogP contribution in [0.3, 0.4) is 0 Å². The minimum atomic E-state index is -0.753. The van der Waals surface area contributed by atoms with Crippen LogP contribution in [0.15, 0.2) is 36.4 Å². The van der Waals surface area contributed by atoms with Crippen LogP contribution in [0.25, 0.3) is 0 Å². The Morgan fingerprint density at radius 1 is 1.07 bits per heavy atom. The number of ether oxygens (including phenoxy) is 4. The van der Waals surface area contributed by atoms with Gasteiger partial charge in [0, 0.05) is 17.2 Å². The molecule has 9 heteroatoms. The molecule has 0 spiro atoms. The van der Waals surface area contributed by atoms with Gasteiger partial charge >= 0.3 is 5.97 Å². The number of hydrogen-bond acceptors (Lipinski definition) is 8. The van der Waals surface area contributed by atoms with Gasteiger partial charge in [-0.05, 0) is 37.3 Å². The monoisotopic (exact) mass is 399 g/mol. The molecule has 0 fully saturated rings. The zero-order valence-corrected chi connectivity index (χ0v) is 15.4. The number of fused-ring (bicyclic) bond motifs is 1. The van der Waals surface area contributed by atoms with E-state index in [4.69, 9.17) is 18.9 Å². The predicted octanol–water partition coefficient (Wildman–Crippen LogP) is 1.99. The number of Topliss-reactive ketones (excluding diaryl/α,β-unsaturated/α-hetero) is 1. The average Bonchev–Trinajstić information content (AvgIpc) is 3.17. The topological polar surface area (TPSA) is 117 Å². The van der Waals surface area contributed by atoms with Gasteiger partial charge in [-0.25, -0.2) is 4.79 Å². The SMILES string of the molecule is CC(=O)c1cc2c(cc1NC(=O)COC(=O)COc1ccc(C=O)cc1)OCO2. The minimum absolute atomic E-state index is 0.0273. The maximum absolute atomic E-state index is 12.1. The van der Waals surface area contributed by atoms with Crippen molar-refractivity contribution in [1.82, 2.24) is 0 Å². The van der Waals surface area contributed by atoms with E-state index in [2.05, 4.69) is 5.32 Å². The van der Waals surface area contributed by atoms with E-state index in [-0.39, 0.29) is 23.8 Å². The second-order valence-electron chi connectivity index (χ2n) is 5.99. The molecule has 0 bridgehead atoms. The van der Waals surface area contributed by atoms with Crippen LogP contribution in [-0.2, 0) is 14.3 Å². The van der Waals surface area contributed by atoms with E-state index in [0.717, 1.165) is 0 Å². The number of anilines is 1. The number of nitrogens with one attached hydrogen (secondary N) is 1. The van der Waals surface area contributed by atoms with Gasteiger partial charge in [0.25, 0.3) is 5.91 Å². The first-order chi connectivity index (χ1) is 14.0. The molecular formula is C20H17NO8. The molecule has 0 atom stereocenters. The van der Waals surface area contributed by atoms with Crippen molar-refractivity contribution in [2.75, 3.05) is 25.3 Å². The van der Waals surface area contributed by atoms with E-state index < -0.39 is 25.1 Å². The summed E-state index contributed by atoms with van der Waals surface area (Å²) in [5.74, 6) is -0.463. The van der Waals surface area contributed by atoms with Gasteiger partial charge in [-0.3, -0.25) is 14.4 Å². The third kappa shape index (κ3) is 5.10. The third-order valence-corrected chi connectivity index (χ3v) is 3.90. The Kier molecular flexibility index (Phi) is 6.08. The first-order valence-corrected chi connectivity index (χ1v) is 8.54. The van der Waals surface area contributed by atoms with Crippen LogP contribution >= 0.6 is 0 Å². The Bertz CT molecular complexity index is 952. The summed E-state index contributed by atoms with van der Waals surface area (Å²) in [5, 5.41) is 2.52. The number of carbonyl (C=O) groups is 4. The second kappa shape index (κ2) is 8.87. The molecule has 0 aliphatic carbocycles. The molecule has 0 saturated carbocycles. The van der Waals surface area contributed by atoms with Crippen LogP contribution in [0.4, 0.5) is 5.69 Å². The van der Waals surface area contributed by atoms with Crippen LogP contribution in [-0.4, -0.2) is 44.0 Å². The molecule has 0 unspecified atom stereocenters. The Hall–Kier alpha value is -3.88. The van der Waals surface area contributed by atoms with Crippen LogP contribution in [0.1, 0.15) is 27.6 Å². The number of hydrogen-bond donors (Lipinski definition) is 1. The number of amides is 1. The fraction of sp³-hybridized carbons (Fsp3) is 0.200. The lowest BCUT2D eigenvalue weighted by Gasteiger charge is -2.11. The van der Waals surface area contributed by atoms with E-state index >= 15 is 0 Å². The number of esters is 1. The van der Waals surface area contributed by atoms with E-state index in [1.807, 2.05) is 0 Å². The maximum atomic E-state index is 12.1. The first kappa shape index (κ1) is 19.9. The zero-order valence-electron chi connectivity index (χ0n) is 15.4. The quantitative estimate of drug-likeness (QED) is 0.407. The van der Waals surface area contributed by atoms with Gasteiger partial charge in [0.1, 0.15) is 12.0 Å². The van der Waals surface area contributed by atoms with Crippen molar-refractivity contribution in [3.63, 3.8) is 0 Å². The van der Waals surface area contributed by atoms with Gasteiger partial charge in [-0.2, -0.15) is 0 Å². The molecule has 0 aromatic heterocycles. The Morgan fingerprint density at radius 3 is 2.41 bits per heavy atom. The summed E-state index contributed by atoms with van der Waals surface area (Å²) >= 11 is 0. The van der Waals surface area contributed by atoms with Crippen molar-refractivity contribution in [1.29, 1.82) is 0 Å². The molecule has 9 nitrogen and oxygen atoms in total. The van der Waals surface area contributed by atoms with Gasteiger partial charge in [0.05, 0.1) is 5.69 Å². The molecule has 2 aromatic carbocycles. The van der Waals surface area contributed by atoms with Crippen LogP contribution in [0, 0.1) is 0 Å². The number of rotatable bonds is 8. The summed E-state index contributed by atoms with van der Waals surface area (Å²) in [6.45, 7) is 0.417. The van der Waals surface area contributed by atoms with Crippen molar-refractivity contribution in [2.45, 2.75) is 6.92 Å². The van der Waals surface area contributed by atoms with Gasteiger partial charge in [0.2, 0.25) is 6.79 Å². The van der Waals surface area contributed by atoms with Crippen molar-refractivity contribution in [3.8, 4) is 17.2 Å². The summed E-state index contributed by atoms with van der Waals surface area (Å²) < 4.78 is 20.5. The van der Waals surface area contributed by atoms with Gasteiger partial charge in [-0.1, -0.05) is 0 Å². The number of benzene rings is 2. The molecule has 2 aromatic rings. The molecule has 0 saturated heterocycles. The third-order valence-electron chi connectivity index (χ3n) is 3.90. The number of aldehydes is 1. The van der Waals surface area contributed by atoms with E-state index in [9.17, 15) is 19.2 Å². The molecule has 1 aliphatic heterocycles. The van der Waals surface area contributed by atoms with Crippen LogP contribution in [0.2, 0.25) is 0 Å². The Balaban J connectivity index is 1.51. The first-order valence-electron chi connectivity index (χ1n) is 8.54. The summed E-state index contributed by atoms with van der Waals surface area (Å²) in [5.41, 5.74) is 0.954. The van der Waals surface area contributed by atoms with Gasteiger partial charge < -0.3 is 24.3 Å². The van der Waals surface area contributed by atoms with Crippen molar-refractivity contribution in [2.24, 2.45) is 0 Å². The molecule has 3 rings (SSSR count). The molecule has 0 radical (unpaired) electrons. The van der Waals surface area contributed by atoms with Crippen LogP contribution in [0.5, 0.6) is 17.2 Å². The molecular weight excluding hydrogens is 382 g/mol. The van der Waals surface area contributed by atoms with E-state index in [0.29, 0.717) is 29.1 Å². The lowest BCUT2D eigenvalue weighted by Crippen LogP contribution is -2.24. The van der Waals surface area contributed by atoms with Crippen molar-refractivity contribution in [3.05, 3.63) is 47.5 Å². The van der Waals surface area contributed by atoms with Crippen molar-refractivity contribution < 1.29 is 38.1 Å². The maximum Gasteiger partial charge on any atom is 0.344 e. The highest BCUT2D eigenvalue weighted by Crippen LogP contribution is 2.37. The average molecular weight is 399 g/mol. The Morgan fingerprint density at radius 2 is 1.76 bits per heavy atom. The lowest BCUT2D eigenvalue weighted by molar-refractivity contribution is -0.149. The highest BCUT2D eigenvalue weighted by atomic mass is 16.7.